The van der Waals surface area contributed by atoms with Gasteiger partial charge in [0.2, 0.25) is 11.8 Å². The van der Waals surface area contributed by atoms with Gasteiger partial charge in [-0.25, -0.2) is 8.42 Å². The van der Waals surface area contributed by atoms with Crippen LogP contribution in [0.5, 0.6) is 0 Å². The highest BCUT2D eigenvalue weighted by Crippen LogP contribution is 2.22. The van der Waals surface area contributed by atoms with Crippen molar-refractivity contribution in [2.24, 2.45) is 23.5 Å². The minimum atomic E-state index is -3.11. The molecule has 9 heteroatoms. The van der Waals surface area contributed by atoms with Gasteiger partial charge in [-0.1, -0.05) is 95.7 Å². The summed E-state index contributed by atoms with van der Waals surface area (Å²) < 4.78 is 22.4. The molecule has 0 spiro atoms. The highest BCUT2D eigenvalue weighted by Gasteiger charge is 2.14. The zero-order valence-electron chi connectivity index (χ0n) is 28.7. The minimum Gasteiger partial charge on any atom is -0.391 e. The van der Waals surface area contributed by atoms with E-state index < -0.39 is 21.8 Å². The Morgan fingerprint density at radius 3 is 2.05 bits per heavy atom. The second-order valence-electron chi connectivity index (χ2n) is 12.6. The van der Waals surface area contributed by atoms with Gasteiger partial charge < -0.3 is 21.1 Å². The lowest BCUT2D eigenvalue weighted by Crippen LogP contribution is -2.35. The first-order chi connectivity index (χ1) is 20.6. The monoisotopic (exact) mass is 637 g/mol. The third kappa shape index (κ3) is 31.0. The van der Waals surface area contributed by atoms with Crippen LogP contribution in [0.1, 0.15) is 97.5 Å². The molecule has 1 aromatic rings. The number of aliphatic hydroxyl groups excluding tert-OH is 1. The van der Waals surface area contributed by atoms with Crippen LogP contribution < -0.4 is 11.1 Å². The summed E-state index contributed by atoms with van der Waals surface area (Å²) in [7, 11) is 0.476. The first kappa shape index (κ1) is 43.7. The number of nitrogens with one attached hydrogen (secondary N) is 1. The van der Waals surface area contributed by atoms with Gasteiger partial charge in [-0.15, -0.1) is 12.3 Å². The topological polar surface area (TPSA) is 130 Å². The largest absolute Gasteiger partial charge is 0.391 e. The van der Waals surface area contributed by atoms with Crippen LogP contribution in [0.2, 0.25) is 0 Å². The van der Waals surface area contributed by atoms with E-state index in [0.717, 1.165) is 18.8 Å². The molecular formula is C35H63N3O5S. The Morgan fingerprint density at radius 1 is 1.05 bits per heavy atom. The third-order valence-electron chi connectivity index (χ3n) is 7.10. The highest BCUT2D eigenvalue weighted by molar-refractivity contribution is 7.91. The molecule has 1 aliphatic carbocycles. The number of aryl methyl sites for hydroxylation is 1. The van der Waals surface area contributed by atoms with Gasteiger partial charge in [-0.05, 0) is 52.1 Å². The first-order valence-electron chi connectivity index (χ1n) is 16.1. The van der Waals surface area contributed by atoms with Crippen molar-refractivity contribution >= 4 is 21.7 Å². The Labute approximate surface area is 269 Å². The maximum Gasteiger partial charge on any atom is 0.222 e. The van der Waals surface area contributed by atoms with Crippen molar-refractivity contribution in [2.45, 2.75) is 105 Å². The molecule has 0 radical (unpaired) electrons. The Hall–Kier alpha value is -2.41. The van der Waals surface area contributed by atoms with E-state index in [1.54, 1.807) is 19.0 Å². The van der Waals surface area contributed by atoms with Crippen molar-refractivity contribution in [2.75, 3.05) is 38.7 Å². The Bertz CT molecular complexity index is 1000. The number of amides is 2. The number of sulfone groups is 1. The lowest BCUT2D eigenvalue weighted by molar-refractivity contribution is -0.125. The van der Waals surface area contributed by atoms with E-state index in [0.29, 0.717) is 31.8 Å². The van der Waals surface area contributed by atoms with E-state index in [1.807, 2.05) is 25.1 Å². The van der Waals surface area contributed by atoms with Crippen molar-refractivity contribution in [3.63, 3.8) is 0 Å². The number of hydrogen-bond acceptors (Lipinski definition) is 6. The van der Waals surface area contributed by atoms with Gasteiger partial charge in [0, 0.05) is 31.8 Å². The predicted octanol–water partition coefficient (Wildman–Crippen LogP) is 5.37. The molecule has 1 saturated carbocycles. The van der Waals surface area contributed by atoms with E-state index in [-0.39, 0.29) is 29.8 Å². The molecular weight excluding hydrogens is 574 g/mol. The van der Waals surface area contributed by atoms with Crippen LogP contribution >= 0.6 is 0 Å². The lowest BCUT2D eigenvalue weighted by atomic mass is 9.91. The average molecular weight is 638 g/mol. The first-order valence-corrected chi connectivity index (χ1v) is 18.0. The van der Waals surface area contributed by atoms with Gasteiger partial charge in [0.05, 0.1) is 17.6 Å². The number of terminal acetylenes is 1. The van der Waals surface area contributed by atoms with Crippen LogP contribution in [0, 0.1) is 37.0 Å². The maximum atomic E-state index is 11.6. The predicted molar refractivity (Wildman–Crippen MR) is 185 cm³/mol. The number of nitrogens with zero attached hydrogens (tertiary/aromatic N) is 1. The van der Waals surface area contributed by atoms with Crippen LogP contribution in [-0.2, 0) is 19.4 Å². The molecule has 0 heterocycles. The zero-order chi connectivity index (χ0) is 34.0. The summed E-state index contributed by atoms with van der Waals surface area (Å²) in [4.78, 5) is 23.7. The summed E-state index contributed by atoms with van der Waals surface area (Å²) in [5.74, 6) is 3.39. The SMILES string of the molecule is C#CCC[C@H](C)C(=O)NC[C@@H](O)CCC(C)C.CC1CCCCC1.CN(C)CCS(=O)(=O)CCC(N)=O.Cc1ccccc1. The van der Waals surface area contributed by atoms with E-state index in [2.05, 4.69) is 51.1 Å². The second-order valence-corrected chi connectivity index (χ2v) is 14.9. The van der Waals surface area contributed by atoms with Crippen molar-refractivity contribution in [1.82, 2.24) is 10.2 Å². The molecule has 2 amide bonds. The second kappa shape index (κ2) is 26.9. The van der Waals surface area contributed by atoms with Crippen LogP contribution in [0.25, 0.3) is 0 Å². The van der Waals surface area contributed by atoms with Crippen LogP contribution in [0.3, 0.4) is 0 Å². The van der Waals surface area contributed by atoms with E-state index in [9.17, 15) is 23.1 Å². The number of primary amides is 1. The molecule has 2 atom stereocenters. The molecule has 0 aliphatic heterocycles. The van der Waals surface area contributed by atoms with Gasteiger partial charge in [0.25, 0.3) is 0 Å². The van der Waals surface area contributed by atoms with Gasteiger partial charge in [0.15, 0.2) is 9.84 Å². The van der Waals surface area contributed by atoms with E-state index >= 15 is 0 Å². The minimum absolute atomic E-state index is 0.0242. The number of benzene rings is 1. The Morgan fingerprint density at radius 2 is 1.64 bits per heavy atom. The summed E-state index contributed by atoms with van der Waals surface area (Å²) in [5.41, 5.74) is 6.16. The fraction of sp³-hybridized carbons (Fsp3) is 0.714. The lowest BCUT2D eigenvalue weighted by Gasteiger charge is -2.15. The molecule has 1 aromatic carbocycles. The quantitative estimate of drug-likeness (QED) is 0.235. The van der Waals surface area contributed by atoms with Gasteiger partial charge >= 0.3 is 0 Å². The molecule has 1 fully saturated rings. The number of carbonyl (C=O) groups is 2. The molecule has 0 aromatic heterocycles. The molecule has 0 bridgehead atoms. The smallest absolute Gasteiger partial charge is 0.222 e. The Kier molecular flexibility index (Phi) is 26.8. The Balaban J connectivity index is 0. The third-order valence-corrected chi connectivity index (χ3v) is 8.73. The molecule has 4 N–H and O–H groups in total. The van der Waals surface area contributed by atoms with E-state index in [1.165, 1.54) is 37.7 Å². The fourth-order valence-corrected chi connectivity index (χ4v) is 5.33. The number of nitrogens with two attached hydrogens (primary N) is 1. The van der Waals surface area contributed by atoms with Gasteiger partial charge in [0.1, 0.15) is 0 Å². The summed E-state index contributed by atoms with van der Waals surface area (Å²) in [5, 5.41) is 12.4. The van der Waals surface area contributed by atoms with Gasteiger partial charge in [-0.3, -0.25) is 9.59 Å². The fourth-order valence-electron chi connectivity index (χ4n) is 3.97. The number of hydrogen-bond donors (Lipinski definition) is 3. The van der Waals surface area contributed by atoms with Crippen molar-refractivity contribution in [1.29, 1.82) is 0 Å². The van der Waals surface area contributed by atoms with Crippen molar-refractivity contribution in [3.8, 4) is 12.3 Å². The van der Waals surface area contributed by atoms with Crippen LogP contribution in [0.15, 0.2) is 30.3 Å². The molecule has 0 unspecified atom stereocenters. The summed E-state index contributed by atoms with van der Waals surface area (Å²) in [6.45, 7) is 11.3. The van der Waals surface area contributed by atoms with Crippen LogP contribution in [0.4, 0.5) is 0 Å². The van der Waals surface area contributed by atoms with Crippen molar-refractivity contribution in [3.05, 3.63) is 35.9 Å². The van der Waals surface area contributed by atoms with Crippen LogP contribution in [-0.4, -0.2) is 75.0 Å². The van der Waals surface area contributed by atoms with Crippen molar-refractivity contribution < 1.29 is 23.1 Å². The zero-order valence-corrected chi connectivity index (χ0v) is 29.5. The molecule has 254 valence electrons. The summed E-state index contributed by atoms with van der Waals surface area (Å²) in [6.07, 6.45) is 15.1. The molecule has 1 aliphatic rings. The maximum absolute atomic E-state index is 11.6. The molecule has 2 rings (SSSR count). The number of aliphatic hydroxyl groups is 1. The van der Waals surface area contributed by atoms with E-state index in [4.69, 9.17) is 12.2 Å². The standard InChI is InChI=1S/C14H25NO2.C7H16N2O3S.C7H14.C7H8/c1-5-6-7-12(4)14(17)15-10-13(16)9-8-11(2)3;1-9(2)4-6-13(11,12)5-3-7(8)10;2*1-7-5-3-2-4-6-7/h1,11-13,16H,6-10H2,2-4H3,(H,15,17);3-6H2,1-2H3,(H2,8,10);7H,2-6H2,1H3;2-6H,1H3/t12-,13-;;;/m0.../s1. The summed E-state index contributed by atoms with van der Waals surface area (Å²) >= 11 is 0. The highest BCUT2D eigenvalue weighted by atomic mass is 32.2. The van der Waals surface area contributed by atoms with Gasteiger partial charge in [-0.2, -0.15) is 0 Å². The number of carbonyl (C=O) groups excluding carboxylic acids is 2. The summed E-state index contributed by atoms with van der Waals surface area (Å²) in [6, 6.07) is 10.3. The normalized spacial score (nSPS) is 14.4. The average Bonchev–Trinajstić information content (AvgIpc) is 2.97. The molecule has 8 nitrogen and oxygen atoms in total. The number of rotatable bonds is 14. The molecule has 0 saturated heterocycles. The molecule has 44 heavy (non-hydrogen) atoms.